The van der Waals surface area contributed by atoms with Gasteiger partial charge in [-0.05, 0) is 67.3 Å². The standard InChI is InChI=1S/C28H29N4O3/c1-18-14-20(32-28-22-15-26(33-2)27(34-3)16-24(22)30-17-31-28)9-12-25(18)35-21-10-7-19(8-11-21)23-6-4-5-13-29-23/h7-12,14-17,23H,4-6,13H2,1-3H3,(H,30,31,32). The van der Waals surface area contributed by atoms with Crippen molar-refractivity contribution in [1.29, 1.82) is 0 Å². The van der Waals surface area contributed by atoms with Crippen LogP contribution in [0.4, 0.5) is 11.5 Å². The molecule has 1 aliphatic heterocycles. The molecule has 5 rings (SSSR count). The highest BCUT2D eigenvalue weighted by Gasteiger charge is 2.16. The predicted molar refractivity (Wildman–Crippen MR) is 137 cm³/mol. The molecule has 1 radical (unpaired) electrons. The number of aromatic nitrogens is 2. The third kappa shape index (κ3) is 5.00. The molecule has 0 bridgehead atoms. The molecule has 1 aliphatic rings. The minimum atomic E-state index is 0.323. The molecule has 7 nitrogen and oxygen atoms in total. The van der Waals surface area contributed by atoms with E-state index in [4.69, 9.17) is 19.5 Å². The molecule has 2 heterocycles. The minimum absolute atomic E-state index is 0.323. The molecule has 1 fully saturated rings. The van der Waals surface area contributed by atoms with Crippen molar-refractivity contribution in [1.82, 2.24) is 15.3 Å². The van der Waals surface area contributed by atoms with Crippen molar-refractivity contribution in [3.63, 3.8) is 0 Å². The summed E-state index contributed by atoms with van der Waals surface area (Å²) >= 11 is 0. The fourth-order valence-electron chi connectivity index (χ4n) is 4.41. The first kappa shape index (κ1) is 22.9. The van der Waals surface area contributed by atoms with Gasteiger partial charge < -0.3 is 19.5 Å². The molecule has 179 valence electrons. The van der Waals surface area contributed by atoms with Crippen molar-refractivity contribution in [2.45, 2.75) is 32.2 Å². The SMILES string of the molecule is COc1cc2ncnc(Nc3ccc(Oc4ccc(C5CCCC[N]5)cc4)c(C)c3)c2cc1OC. The molecule has 1 aromatic heterocycles. The summed E-state index contributed by atoms with van der Waals surface area (Å²) in [6.07, 6.45) is 5.12. The summed E-state index contributed by atoms with van der Waals surface area (Å²) in [6.45, 7) is 3.00. The van der Waals surface area contributed by atoms with E-state index in [2.05, 4.69) is 27.4 Å². The third-order valence-corrected chi connectivity index (χ3v) is 6.31. The van der Waals surface area contributed by atoms with Crippen molar-refractivity contribution in [3.8, 4) is 23.0 Å². The molecule has 0 spiro atoms. The van der Waals surface area contributed by atoms with Gasteiger partial charge in [-0.25, -0.2) is 15.3 Å². The lowest BCUT2D eigenvalue weighted by molar-refractivity contribution is 0.356. The lowest BCUT2D eigenvalue weighted by atomic mass is 9.97. The number of hydrogen-bond donors (Lipinski definition) is 1. The smallest absolute Gasteiger partial charge is 0.162 e. The number of nitrogens with one attached hydrogen (secondary N) is 1. The number of piperidine rings is 1. The Bertz CT molecular complexity index is 1320. The third-order valence-electron chi connectivity index (χ3n) is 6.31. The second-order valence-corrected chi connectivity index (χ2v) is 8.64. The van der Waals surface area contributed by atoms with Crippen LogP contribution in [0.5, 0.6) is 23.0 Å². The Morgan fingerprint density at radius 1 is 0.857 bits per heavy atom. The maximum Gasteiger partial charge on any atom is 0.162 e. The normalized spacial score (nSPS) is 15.6. The number of methoxy groups -OCH3 is 2. The zero-order valence-electron chi connectivity index (χ0n) is 20.2. The lowest BCUT2D eigenvalue weighted by Crippen LogP contribution is -2.20. The predicted octanol–water partition coefficient (Wildman–Crippen LogP) is 6.32. The molecule has 0 aliphatic carbocycles. The molecule has 1 N–H and O–H groups in total. The van der Waals surface area contributed by atoms with Gasteiger partial charge in [-0.15, -0.1) is 0 Å². The Hall–Kier alpha value is -3.84. The number of ether oxygens (including phenoxy) is 3. The fourth-order valence-corrected chi connectivity index (χ4v) is 4.41. The van der Waals surface area contributed by atoms with Gasteiger partial charge in [0.05, 0.1) is 19.7 Å². The average Bonchev–Trinajstić information content (AvgIpc) is 2.90. The quantitative estimate of drug-likeness (QED) is 0.341. The molecule has 1 saturated heterocycles. The van der Waals surface area contributed by atoms with Crippen LogP contribution in [-0.4, -0.2) is 30.7 Å². The first-order valence-corrected chi connectivity index (χ1v) is 11.8. The highest BCUT2D eigenvalue weighted by molar-refractivity contribution is 5.93. The van der Waals surface area contributed by atoms with Crippen LogP contribution in [0, 0.1) is 6.92 Å². The second-order valence-electron chi connectivity index (χ2n) is 8.64. The first-order chi connectivity index (χ1) is 17.1. The van der Waals surface area contributed by atoms with E-state index in [1.165, 1.54) is 24.7 Å². The van der Waals surface area contributed by atoms with Crippen LogP contribution in [0.1, 0.15) is 36.4 Å². The number of benzene rings is 3. The van der Waals surface area contributed by atoms with Crippen molar-refractivity contribution < 1.29 is 14.2 Å². The van der Waals surface area contributed by atoms with Crippen LogP contribution in [0.25, 0.3) is 10.9 Å². The van der Waals surface area contributed by atoms with Crippen LogP contribution in [0.2, 0.25) is 0 Å². The van der Waals surface area contributed by atoms with Crippen LogP contribution in [-0.2, 0) is 0 Å². The maximum absolute atomic E-state index is 6.17. The van der Waals surface area contributed by atoms with Crippen molar-refractivity contribution in [2.75, 3.05) is 26.1 Å². The zero-order chi connectivity index (χ0) is 24.2. The summed E-state index contributed by atoms with van der Waals surface area (Å²) in [4.78, 5) is 8.81. The monoisotopic (exact) mass is 469 g/mol. The van der Waals surface area contributed by atoms with Gasteiger partial charge in [-0.2, -0.15) is 0 Å². The highest BCUT2D eigenvalue weighted by atomic mass is 16.5. The Kier molecular flexibility index (Phi) is 6.68. The van der Waals surface area contributed by atoms with Gasteiger partial charge in [0.1, 0.15) is 23.6 Å². The molecular weight excluding hydrogens is 440 g/mol. The zero-order valence-corrected chi connectivity index (χ0v) is 20.2. The Morgan fingerprint density at radius 2 is 1.66 bits per heavy atom. The van der Waals surface area contributed by atoms with Crippen molar-refractivity contribution >= 4 is 22.4 Å². The van der Waals surface area contributed by atoms with E-state index in [9.17, 15) is 0 Å². The van der Waals surface area contributed by atoms with Crippen LogP contribution >= 0.6 is 0 Å². The summed E-state index contributed by atoms with van der Waals surface area (Å²) in [5.41, 5.74) is 3.94. The highest BCUT2D eigenvalue weighted by Crippen LogP contribution is 2.35. The Morgan fingerprint density at radius 3 is 2.37 bits per heavy atom. The van der Waals surface area contributed by atoms with Gasteiger partial charge in [0, 0.05) is 29.7 Å². The van der Waals surface area contributed by atoms with Gasteiger partial charge in [0.15, 0.2) is 11.5 Å². The second kappa shape index (κ2) is 10.2. The minimum Gasteiger partial charge on any atom is -0.493 e. The van der Waals surface area contributed by atoms with E-state index >= 15 is 0 Å². The number of aryl methyl sites for hydroxylation is 1. The molecule has 35 heavy (non-hydrogen) atoms. The van der Waals surface area contributed by atoms with Gasteiger partial charge >= 0.3 is 0 Å². The number of nitrogens with zero attached hydrogens (tertiary/aromatic N) is 3. The summed E-state index contributed by atoms with van der Waals surface area (Å²) in [7, 11) is 3.22. The topological polar surface area (TPSA) is 79.6 Å². The molecule has 1 unspecified atom stereocenters. The summed E-state index contributed by atoms with van der Waals surface area (Å²) in [6, 6.07) is 18.3. The van der Waals surface area contributed by atoms with E-state index in [0.717, 1.165) is 46.6 Å². The molecule has 1 atom stereocenters. The fraction of sp³-hybridized carbons (Fsp3) is 0.286. The molecule has 0 saturated carbocycles. The molecule has 7 heteroatoms. The lowest BCUT2D eigenvalue weighted by Gasteiger charge is -2.22. The maximum atomic E-state index is 6.17. The van der Waals surface area contributed by atoms with E-state index in [-0.39, 0.29) is 0 Å². The van der Waals surface area contributed by atoms with E-state index in [1.807, 2.05) is 49.4 Å². The summed E-state index contributed by atoms with van der Waals surface area (Å²) < 4.78 is 17.0. The summed E-state index contributed by atoms with van der Waals surface area (Å²) in [5.74, 6) is 3.57. The number of hydrogen-bond acceptors (Lipinski definition) is 6. The number of rotatable bonds is 7. The molecule has 4 aromatic rings. The Labute approximate surface area is 205 Å². The average molecular weight is 470 g/mol. The van der Waals surface area contributed by atoms with E-state index in [0.29, 0.717) is 23.4 Å². The van der Waals surface area contributed by atoms with Crippen LogP contribution in [0.15, 0.2) is 60.9 Å². The molecular formula is C28H29N4O3. The number of anilines is 2. The van der Waals surface area contributed by atoms with Crippen LogP contribution in [0.3, 0.4) is 0 Å². The Balaban J connectivity index is 1.33. The van der Waals surface area contributed by atoms with Gasteiger partial charge in [0.2, 0.25) is 0 Å². The van der Waals surface area contributed by atoms with Crippen molar-refractivity contribution in [2.24, 2.45) is 0 Å². The summed E-state index contributed by atoms with van der Waals surface area (Å²) in [5, 5.41) is 8.98. The van der Waals surface area contributed by atoms with Crippen molar-refractivity contribution in [3.05, 3.63) is 72.1 Å². The largest absolute Gasteiger partial charge is 0.493 e. The molecule has 0 amide bonds. The number of fused-ring (bicyclic) bond motifs is 1. The van der Waals surface area contributed by atoms with E-state index < -0.39 is 0 Å². The molecule has 3 aromatic carbocycles. The van der Waals surface area contributed by atoms with E-state index in [1.54, 1.807) is 14.2 Å². The first-order valence-electron chi connectivity index (χ1n) is 11.8. The van der Waals surface area contributed by atoms with Gasteiger partial charge in [-0.1, -0.05) is 18.6 Å². The van der Waals surface area contributed by atoms with Gasteiger partial charge in [0.25, 0.3) is 0 Å². The van der Waals surface area contributed by atoms with Gasteiger partial charge in [-0.3, -0.25) is 0 Å². The van der Waals surface area contributed by atoms with Crippen LogP contribution < -0.4 is 24.8 Å².